The minimum Gasteiger partial charge on any atom is -0.385 e. The maximum Gasteiger partial charge on any atom is 0.191 e. The van der Waals surface area contributed by atoms with Crippen molar-refractivity contribution in [1.82, 2.24) is 20.7 Å². The lowest BCUT2D eigenvalue weighted by molar-refractivity contribution is 0.180. The molecule has 1 aromatic heterocycles. The monoisotopic (exact) mass is 501 g/mol. The second kappa shape index (κ2) is 14.4. The molecular weight excluding hydrogens is 469 g/mol. The highest BCUT2D eigenvalue weighted by atomic mass is 127. The van der Waals surface area contributed by atoms with Gasteiger partial charge in [0.25, 0.3) is 0 Å². The number of aliphatic imine (C=N–C) groups is 1. The van der Waals surface area contributed by atoms with Crippen LogP contribution in [0, 0.1) is 0 Å². The number of hydrogen-bond acceptors (Lipinski definition) is 5. The Balaban J connectivity index is 0.00000392. The molecule has 0 spiro atoms. The molecule has 0 atom stereocenters. The average Bonchev–Trinajstić information content (AvgIpc) is 3.16. The number of halogens is 1. The number of likely N-dealkylation sites (N-methyl/N-ethyl adjacent to an activating group) is 1. The molecule has 0 aliphatic rings. The Morgan fingerprint density at radius 1 is 1.21 bits per heavy atom. The zero-order valence-electron chi connectivity index (χ0n) is 17.0. The zero-order valence-corrected chi connectivity index (χ0v) is 19.3. The lowest BCUT2D eigenvalue weighted by Gasteiger charge is -2.18. The molecule has 0 radical (unpaired) electrons. The Morgan fingerprint density at radius 2 is 2.00 bits per heavy atom. The number of nitrogens with one attached hydrogen (secondary N) is 2. The van der Waals surface area contributed by atoms with E-state index in [1.54, 1.807) is 7.11 Å². The average molecular weight is 501 g/mol. The largest absolute Gasteiger partial charge is 0.385 e. The molecule has 0 aliphatic carbocycles. The SMILES string of the molecule is CCNC(=NCc1cc(-c2ccccc2)on1)NCCN(C)CCCOC.I. The van der Waals surface area contributed by atoms with Crippen LogP contribution in [0.3, 0.4) is 0 Å². The Morgan fingerprint density at radius 3 is 2.71 bits per heavy atom. The normalized spacial score (nSPS) is 11.4. The summed E-state index contributed by atoms with van der Waals surface area (Å²) in [4.78, 5) is 6.87. The van der Waals surface area contributed by atoms with Crippen molar-refractivity contribution < 1.29 is 9.26 Å². The van der Waals surface area contributed by atoms with Gasteiger partial charge >= 0.3 is 0 Å². The summed E-state index contributed by atoms with van der Waals surface area (Å²) in [6.45, 7) is 6.91. The van der Waals surface area contributed by atoms with Crippen LogP contribution in [0.4, 0.5) is 0 Å². The molecule has 28 heavy (non-hydrogen) atoms. The number of benzene rings is 1. The first kappa shape index (κ1) is 24.4. The highest BCUT2D eigenvalue weighted by molar-refractivity contribution is 14.0. The molecule has 0 saturated carbocycles. The van der Waals surface area contributed by atoms with Gasteiger partial charge in [0.1, 0.15) is 5.69 Å². The predicted octanol–water partition coefficient (Wildman–Crippen LogP) is 2.98. The number of methoxy groups -OCH3 is 1. The van der Waals surface area contributed by atoms with Crippen LogP contribution < -0.4 is 10.6 Å². The Kier molecular flexibility index (Phi) is 12.5. The highest BCUT2D eigenvalue weighted by Crippen LogP contribution is 2.19. The molecule has 156 valence electrons. The molecular formula is C20H32IN5O2. The van der Waals surface area contributed by atoms with Crippen LogP contribution >= 0.6 is 24.0 Å². The topological polar surface area (TPSA) is 74.9 Å². The molecule has 0 fully saturated rings. The summed E-state index contributed by atoms with van der Waals surface area (Å²) in [6, 6.07) is 11.9. The molecule has 0 amide bonds. The third-order valence-corrected chi connectivity index (χ3v) is 4.03. The fourth-order valence-corrected chi connectivity index (χ4v) is 2.58. The Bertz CT molecular complexity index is 678. The van der Waals surface area contributed by atoms with E-state index in [9.17, 15) is 0 Å². The third kappa shape index (κ3) is 9.03. The number of nitrogens with zero attached hydrogens (tertiary/aromatic N) is 3. The Labute approximate surface area is 184 Å². The maximum atomic E-state index is 5.43. The number of aromatic nitrogens is 1. The van der Waals surface area contributed by atoms with E-state index in [0.29, 0.717) is 6.54 Å². The van der Waals surface area contributed by atoms with Gasteiger partial charge < -0.3 is 24.8 Å². The minimum atomic E-state index is 0. The summed E-state index contributed by atoms with van der Waals surface area (Å²) in [6.07, 6.45) is 1.04. The first-order chi connectivity index (χ1) is 13.2. The standard InChI is InChI=1S/C20H31N5O2.HI/c1-4-21-20(22-11-13-25(2)12-8-14-26-3)23-16-18-15-19(27-24-18)17-9-6-5-7-10-17;/h5-7,9-10,15H,4,8,11-14,16H2,1-3H3,(H2,21,22,23);1H. The third-order valence-electron chi connectivity index (χ3n) is 4.03. The zero-order chi connectivity index (χ0) is 19.3. The summed E-state index contributed by atoms with van der Waals surface area (Å²) in [7, 11) is 3.85. The van der Waals surface area contributed by atoms with Crippen LogP contribution in [0.1, 0.15) is 19.0 Å². The van der Waals surface area contributed by atoms with Crippen LogP contribution in [0.15, 0.2) is 45.9 Å². The summed E-state index contributed by atoms with van der Waals surface area (Å²) >= 11 is 0. The molecule has 1 heterocycles. The number of hydrogen-bond donors (Lipinski definition) is 2. The maximum absolute atomic E-state index is 5.43. The first-order valence-electron chi connectivity index (χ1n) is 9.43. The van der Waals surface area contributed by atoms with Crippen molar-refractivity contribution in [3.05, 3.63) is 42.1 Å². The molecule has 2 N–H and O–H groups in total. The molecule has 8 heteroatoms. The molecule has 7 nitrogen and oxygen atoms in total. The molecule has 0 aliphatic heterocycles. The fourth-order valence-electron chi connectivity index (χ4n) is 2.58. The van der Waals surface area contributed by atoms with Crippen LogP contribution in [-0.4, -0.2) is 63.0 Å². The van der Waals surface area contributed by atoms with E-state index in [4.69, 9.17) is 9.26 Å². The smallest absolute Gasteiger partial charge is 0.191 e. The quantitative estimate of drug-likeness (QED) is 0.214. The highest BCUT2D eigenvalue weighted by Gasteiger charge is 2.06. The van der Waals surface area contributed by atoms with Crippen molar-refractivity contribution in [2.24, 2.45) is 4.99 Å². The van der Waals surface area contributed by atoms with E-state index >= 15 is 0 Å². The van der Waals surface area contributed by atoms with Gasteiger partial charge in [0.05, 0.1) is 6.54 Å². The minimum absolute atomic E-state index is 0. The number of guanidine groups is 1. The van der Waals surface area contributed by atoms with Crippen LogP contribution in [-0.2, 0) is 11.3 Å². The molecule has 0 bridgehead atoms. The van der Waals surface area contributed by atoms with Gasteiger partial charge in [0.2, 0.25) is 0 Å². The summed E-state index contributed by atoms with van der Waals surface area (Å²) in [5.74, 6) is 1.54. The van der Waals surface area contributed by atoms with Crippen LogP contribution in [0.5, 0.6) is 0 Å². The lowest BCUT2D eigenvalue weighted by Crippen LogP contribution is -2.41. The van der Waals surface area contributed by atoms with Crippen molar-refractivity contribution in [2.75, 3.05) is 46.9 Å². The molecule has 2 aromatic rings. The van der Waals surface area contributed by atoms with E-state index in [0.717, 1.165) is 62.2 Å². The second-order valence-electron chi connectivity index (χ2n) is 6.32. The van der Waals surface area contributed by atoms with E-state index in [1.807, 2.05) is 36.4 Å². The van der Waals surface area contributed by atoms with Crippen molar-refractivity contribution in [1.29, 1.82) is 0 Å². The van der Waals surface area contributed by atoms with Gasteiger partial charge in [-0.15, -0.1) is 24.0 Å². The van der Waals surface area contributed by atoms with E-state index < -0.39 is 0 Å². The fraction of sp³-hybridized carbons (Fsp3) is 0.500. The summed E-state index contributed by atoms with van der Waals surface area (Å²) in [5.41, 5.74) is 1.82. The second-order valence-corrected chi connectivity index (χ2v) is 6.32. The van der Waals surface area contributed by atoms with Gasteiger partial charge in [-0.3, -0.25) is 0 Å². The van der Waals surface area contributed by atoms with Crippen molar-refractivity contribution in [3.8, 4) is 11.3 Å². The van der Waals surface area contributed by atoms with E-state index in [-0.39, 0.29) is 24.0 Å². The van der Waals surface area contributed by atoms with Gasteiger partial charge in [0, 0.05) is 51.5 Å². The van der Waals surface area contributed by atoms with Crippen LogP contribution in [0.2, 0.25) is 0 Å². The summed E-state index contributed by atoms with van der Waals surface area (Å²) < 4.78 is 10.5. The summed E-state index contributed by atoms with van der Waals surface area (Å²) in [5, 5.41) is 10.7. The molecule has 2 rings (SSSR count). The van der Waals surface area contributed by atoms with E-state index in [2.05, 4.69) is 39.7 Å². The molecule has 0 saturated heterocycles. The van der Waals surface area contributed by atoms with E-state index in [1.165, 1.54) is 0 Å². The van der Waals surface area contributed by atoms with Gasteiger partial charge in [-0.2, -0.15) is 0 Å². The van der Waals surface area contributed by atoms with Crippen molar-refractivity contribution in [3.63, 3.8) is 0 Å². The van der Waals surface area contributed by atoms with Gasteiger partial charge in [0.15, 0.2) is 11.7 Å². The van der Waals surface area contributed by atoms with Gasteiger partial charge in [-0.1, -0.05) is 35.5 Å². The lowest BCUT2D eigenvalue weighted by atomic mass is 10.2. The van der Waals surface area contributed by atoms with Gasteiger partial charge in [-0.05, 0) is 20.4 Å². The predicted molar refractivity (Wildman–Crippen MR) is 124 cm³/mol. The number of rotatable bonds is 11. The Hall–Kier alpha value is -1.65. The number of ether oxygens (including phenoxy) is 1. The van der Waals surface area contributed by atoms with Crippen molar-refractivity contribution in [2.45, 2.75) is 19.9 Å². The first-order valence-corrected chi connectivity index (χ1v) is 9.43. The van der Waals surface area contributed by atoms with Crippen LogP contribution in [0.25, 0.3) is 11.3 Å². The molecule has 1 aromatic carbocycles. The van der Waals surface area contributed by atoms with Gasteiger partial charge in [-0.25, -0.2) is 4.99 Å². The molecule has 0 unspecified atom stereocenters. The van der Waals surface area contributed by atoms with Crippen molar-refractivity contribution >= 4 is 29.9 Å².